The maximum atomic E-state index is 11.8. The molecule has 0 bridgehead atoms. The summed E-state index contributed by atoms with van der Waals surface area (Å²) in [5.74, 6) is -0.0368. The van der Waals surface area contributed by atoms with Crippen molar-refractivity contribution in [2.24, 2.45) is 5.73 Å². The van der Waals surface area contributed by atoms with Crippen molar-refractivity contribution in [1.29, 1.82) is 0 Å². The minimum Gasteiger partial charge on any atom is -0.341 e. The Morgan fingerprint density at radius 1 is 1.47 bits per heavy atom. The van der Waals surface area contributed by atoms with Gasteiger partial charge in [0.1, 0.15) is 0 Å². The molecule has 0 aromatic rings. The Morgan fingerprint density at radius 2 is 2.00 bits per heavy atom. The Morgan fingerprint density at radius 3 is 2.41 bits per heavy atom. The van der Waals surface area contributed by atoms with Gasteiger partial charge in [-0.2, -0.15) is 0 Å². The van der Waals surface area contributed by atoms with Crippen LogP contribution in [0.5, 0.6) is 0 Å². The molecule has 0 spiro atoms. The first-order valence-electron chi connectivity index (χ1n) is 5.85. The van der Waals surface area contributed by atoms with E-state index in [9.17, 15) is 13.2 Å². The zero-order chi connectivity index (χ0) is 13.1. The van der Waals surface area contributed by atoms with Crippen LogP contribution >= 0.6 is 0 Å². The Kier molecular flexibility index (Phi) is 4.91. The van der Waals surface area contributed by atoms with Gasteiger partial charge in [0.25, 0.3) is 0 Å². The zero-order valence-corrected chi connectivity index (χ0v) is 11.2. The van der Waals surface area contributed by atoms with E-state index >= 15 is 0 Å². The van der Waals surface area contributed by atoms with Gasteiger partial charge >= 0.3 is 0 Å². The van der Waals surface area contributed by atoms with Gasteiger partial charge in [0.05, 0.1) is 12.3 Å². The highest BCUT2D eigenvalue weighted by molar-refractivity contribution is 7.88. The van der Waals surface area contributed by atoms with Gasteiger partial charge in [0.2, 0.25) is 15.9 Å². The highest BCUT2D eigenvalue weighted by Gasteiger charge is 2.26. The van der Waals surface area contributed by atoms with Gasteiger partial charge < -0.3 is 10.6 Å². The summed E-state index contributed by atoms with van der Waals surface area (Å²) in [7, 11) is -3.16. The predicted molar refractivity (Wildman–Crippen MR) is 65.8 cm³/mol. The van der Waals surface area contributed by atoms with Gasteiger partial charge in [-0.15, -0.1) is 0 Å². The molecule has 6 nitrogen and oxygen atoms in total. The monoisotopic (exact) mass is 263 g/mol. The van der Waals surface area contributed by atoms with E-state index in [4.69, 9.17) is 5.73 Å². The number of nitrogens with two attached hydrogens (primary N) is 1. The molecule has 3 N–H and O–H groups in total. The molecule has 0 aromatic heterocycles. The van der Waals surface area contributed by atoms with Crippen LogP contribution in [0.4, 0.5) is 0 Å². The van der Waals surface area contributed by atoms with E-state index in [0.717, 1.165) is 6.26 Å². The number of hydrogen-bond donors (Lipinski definition) is 2. The number of nitrogens with one attached hydrogen (secondary N) is 1. The smallest absolute Gasteiger partial charge is 0.239 e. The van der Waals surface area contributed by atoms with Crippen LogP contribution in [0.1, 0.15) is 26.2 Å². The number of amides is 1. The third-order valence-electron chi connectivity index (χ3n) is 2.94. The summed E-state index contributed by atoms with van der Waals surface area (Å²) in [6.07, 6.45) is 3.07. The van der Waals surface area contributed by atoms with Crippen molar-refractivity contribution in [1.82, 2.24) is 9.62 Å². The minimum atomic E-state index is -3.16. The molecule has 1 atom stereocenters. The topological polar surface area (TPSA) is 92.5 Å². The van der Waals surface area contributed by atoms with Crippen molar-refractivity contribution in [3.05, 3.63) is 0 Å². The lowest BCUT2D eigenvalue weighted by Crippen LogP contribution is -2.50. The SMILES string of the molecule is CCC(N)C(=O)N1CCC(NS(C)(=O)=O)CC1. The molecule has 1 fully saturated rings. The van der Waals surface area contributed by atoms with Crippen molar-refractivity contribution in [3.8, 4) is 0 Å². The van der Waals surface area contributed by atoms with E-state index in [1.54, 1.807) is 4.90 Å². The molecule has 7 heteroatoms. The Balaban J connectivity index is 2.43. The number of piperidine rings is 1. The van der Waals surface area contributed by atoms with Crippen molar-refractivity contribution in [3.63, 3.8) is 0 Å². The van der Waals surface area contributed by atoms with Gasteiger partial charge in [-0.25, -0.2) is 13.1 Å². The lowest BCUT2D eigenvalue weighted by Gasteiger charge is -2.33. The predicted octanol–water partition coefficient (Wildman–Crippen LogP) is -0.736. The molecule has 1 rings (SSSR count). The van der Waals surface area contributed by atoms with Crippen LogP contribution < -0.4 is 10.5 Å². The molecular formula is C10H21N3O3S. The molecule has 0 aromatic carbocycles. The van der Waals surface area contributed by atoms with Crippen molar-refractivity contribution >= 4 is 15.9 Å². The molecule has 1 aliphatic heterocycles. The molecule has 1 saturated heterocycles. The summed E-state index contributed by atoms with van der Waals surface area (Å²) in [5, 5.41) is 0. The normalized spacial score (nSPS) is 20.3. The standard InChI is InChI=1S/C10H21N3O3S/c1-3-9(11)10(14)13-6-4-8(5-7-13)12-17(2,15)16/h8-9,12H,3-7,11H2,1-2H3. The highest BCUT2D eigenvalue weighted by Crippen LogP contribution is 2.12. The first kappa shape index (κ1) is 14.4. The second-order valence-electron chi connectivity index (χ2n) is 4.50. The van der Waals surface area contributed by atoms with Gasteiger partial charge in [-0.3, -0.25) is 4.79 Å². The molecular weight excluding hydrogens is 242 g/mol. The summed E-state index contributed by atoms with van der Waals surface area (Å²) in [5.41, 5.74) is 5.68. The third kappa shape index (κ3) is 4.61. The fraction of sp³-hybridized carbons (Fsp3) is 0.900. The Hall–Kier alpha value is -0.660. The average Bonchev–Trinajstić information content (AvgIpc) is 2.26. The molecule has 100 valence electrons. The van der Waals surface area contributed by atoms with Crippen LogP contribution in [-0.4, -0.2) is 50.7 Å². The zero-order valence-electron chi connectivity index (χ0n) is 10.3. The van der Waals surface area contributed by atoms with Crippen LogP contribution in [0.25, 0.3) is 0 Å². The maximum absolute atomic E-state index is 11.8. The fourth-order valence-corrected chi connectivity index (χ4v) is 2.77. The number of hydrogen-bond acceptors (Lipinski definition) is 4. The Labute approximate surface area is 103 Å². The van der Waals surface area contributed by atoms with E-state index in [1.807, 2.05) is 6.92 Å². The maximum Gasteiger partial charge on any atom is 0.239 e. The first-order valence-corrected chi connectivity index (χ1v) is 7.74. The van der Waals surface area contributed by atoms with Crippen LogP contribution in [0.2, 0.25) is 0 Å². The summed E-state index contributed by atoms with van der Waals surface area (Å²) < 4.78 is 24.7. The van der Waals surface area contributed by atoms with E-state index < -0.39 is 16.1 Å². The van der Waals surface area contributed by atoms with Crippen molar-refractivity contribution in [2.75, 3.05) is 19.3 Å². The molecule has 17 heavy (non-hydrogen) atoms. The van der Waals surface area contributed by atoms with Gasteiger partial charge in [0.15, 0.2) is 0 Å². The van der Waals surface area contributed by atoms with Crippen molar-refractivity contribution in [2.45, 2.75) is 38.3 Å². The first-order chi connectivity index (χ1) is 7.83. The van der Waals surface area contributed by atoms with Crippen LogP contribution in [0.15, 0.2) is 0 Å². The lowest BCUT2D eigenvalue weighted by atomic mass is 10.0. The Bertz CT molecular complexity index is 361. The number of nitrogens with zero attached hydrogens (tertiary/aromatic N) is 1. The summed E-state index contributed by atoms with van der Waals surface area (Å²) in [6.45, 7) is 3.01. The van der Waals surface area contributed by atoms with Crippen molar-refractivity contribution < 1.29 is 13.2 Å². The number of carbonyl (C=O) groups excluding carboxylic acids is 1. The molecule has 1 heterocycles. The van der Waals surface area contributed by atoms with Crippen LogP contribution in [0, 0.1) is 0 Å². The minimum absolute atomic E-state index is 0.0368. The summed E-state index contributed by atoms with van der Waals surface area (Å²) in [6, 6.07) is -0.499. The quantitative estimate of drug-likeness (QED) is 0.699. The number of rotatable bonds is 4. The third-order valence-corrected chi connectivity index (χ3v) is 3.71. The summed E-state index contributed by atoms with van der Waals surface area (Å²) in [4.78, 5) is 13.5. The van der Waals surface area contributed by atoms with E-state index in [0.29, 0.717) is 32.4 Å². The second kappa shape index (κ2) is 5.79. The second-order valence-corrected chi connectivity index (χ2v) is 6.28. The average molecular weight is 263 g/mol. The fourth-order valence-electron chi connectivity index (χ4n) is 1.93. The molecule has 1 amide bonds. The van der Waals surface area contributed by atoms with E-state index in [1.165, 1.54) is 0 Å². The van der Waals surface area contributed by atoms with Gasteiger partial charge in [-0.1, -0.05) is 6.92 Å². The van der Waals surface area contributed by atoms with E-state index in [2.05, 4.69) is 4.72 Å². The molecule has 0 aliphatic carbocycles. The number of likely N-dealkylation sites (tertiary alicyclic amines) is 1. The van der Waals surface area contributed by atoms with Crippen LogP contribution in [-0.2, 0) is 14.8 Å². The largest absolute Gasteiger partial charge is 0.341 e. The molecule has 0 radical (unpaired) electrons. The lowest BCUT2D eigenvalue weighted by molar-refractivity contribution is -0.133. The highest BCUT2D eigenvalue weighted by atomic mass is 32.2. The molecule has 1 unspecified atom stereocenters. The molecule has 1 aliphatic rings. The van der Waals surface area contributed by atoms with Crippen LogP contribution in [0.3, 0.4) is 0 Å². The van der Waals surface area contributed by atoms with E-state index in [-0.39, 0.29) is 11.9 Å². The van der Waals surface area contributed by atoms with Gasteiger partial charge in [-0.05, 0) is 19.3 Å². The number of carbonyl (C=O) groups is 1. The summed E-state index contributed by atoms with van der Waals surface area (Å²) >= 11 is 0. The number of sulfonamides is 1. The van der Waals surface area contributed by atoms with Gasteiger partial charge in [0, 0.05) is 19.1 Å². The molecule has 0 saturated carbocycles.